The Labute approximate surface area is 234 Å². The SMILES string of the molecule is Cc1c(C(=O)O)sc2ccc([S+]([O-])N(C)c3ccccc3N3CCN(C(=O)c4sccc4Br)CC3)cc12. The molecule has 1 aliphatic heterocycles. The molecule has 0 aliphatic carbocycles. The summed E-state index contributed by atoms with van der Waals surface area (Å²) in [6.45, 7) is 4.33. The Morgan fingerprint density at radius 3 is 2.49 bits per heavy atom. The maximum Gasteiger partial charge on any atom is 0.346 e. The highest BCUT2D eigenvalue weighted by atomic mass is 79.9. The number of benzene rings is 2. The highest BCUT2D eigenvalue weighted by molar-refractivity contribution is 9.10. The maximum absolute atomic E-state index is 13.6. The average Bonchev–Trinajstić information content (AvgIpc) is 3.50. The van der Waals surface area contributed by atoms with E-state index in [2.05, 4.69) is 20.8 Å². The number of nitrogens with zero attached hydrogens (tertiary/aromatic N) is 3. The van der Waals surface area contributed by atoms with E-state index >= 15 is 0 Å². The molecule has 1 amide bonds. The van der Waals surface area contributed by atoms with Crippen LogP contribution in [0.2, 0.25) is 0 Å². The second-order valence-corrected chi connectivity index (χ2v) is 13.0. The summed E-state index contributed by atoms with van der Waals surface area (Å²) in [5, 5.41) is 12.2. The number of carboxylic acids is 1. The number of rotatable bonds is 6. The van der Waals surface area contributed by atoms with Crippen LogP contribution in [-0.2, 0) is 11.4 Å². The number of aromatic carboxylic acids is 1. The van der Waals surface area contributed by atoms with Crippen LogP contribution < -0.4 is 9.21 Å². The molecule has 5 rings (SSSR count). The first kappa shape index (κ1) is 26.1. The molecule has 11 heteroatoms. The van der Waals surface area contributed by atoms with Crippen molar-refractivity contribution in [3.05, 3.63) is 73.7 Å². The summed E-state index contributed by atoms with van der Waals surface area (Å²) in [6.07, 6.45) is 0. The second-order valence-electron chi connectivity index (χ2n) is 8.63. The lowest BCUT2D eigenvalue weighted by molar-refractivity contribution is 0.0700. The van der Waals surface area contributed by atoms with Crippen molar-refractivity contribution in [3.8, 4) is 0 Å². The molecular formula is C26H24BrN3O4S3. The minimum atomic E-state index is -1.50. The first-order valence-corrected chi connectivity index (χ1v) is 15.1. The van der Waals surface area contributed by atoms with Gasteiger partial charge in [0.2, 0.25) is 0 Å². The smallest absolute Gasteiger partial charge is 0.346 e. The van der Waals surface area contributed by atoms with Gasteiger partial charge in [0.15, 0.2) is 4.90 Å². The van der Waals surface area contributed by atoms with Gasteiger partial charge < -0.3 is 19.5 Å². The first-order valence-electron chi connectivity index (χ1n) is 11.5. The monoisotopic (exact) mass is 617 g/mol. The van der Waals surface area contributed by atoms with Crippen molar-refractivity contribution >= 4 is 83.3 Å². The van der Waals surface area contributed by atoms with E-state index < -0.39 is 17.3 Å². The molecule has 1 unspecified atom stereocenters. The number of carbonyl (C=O) groups excluding carboxylic acids is 1. The number of carboxylic acid groups (broad SMARTS) is 1. The molecule has 1 saturated heterocycles. The molecule has 2 aromatic carbocycles. The highest BCUT2D eigenvalue weighted by Gasteiger charge is 2.28. The fourth-order valence-electron chi connectivity index (χ4n) is 4.50. The minimum Gasteiger partial charge on any atom is -0.588 e. The number of thiophene rings is 2. The molecule has 0 radical (unpaired) electrons. The number of hydrogen-bond donors (Lipinski definition) is 1. The lowest BCUT2D eigenvalue weighted by atomic mass is 10.1. The lowest BCUT2D eigenvalue weighted by Gasteiger charge is -2.37. The summed E-state index contributed by atoms with van der Waals surface area (Å²) in [4.78, 5) is 30.2. The number of fused-ring (bicyclic) bond motifs is 1. The van der Waals surface area contributed by atoms with Crippen LogP contribution >= 0.6 is 38.6 Å². The van der Waals surface area contributed by atoms with Crippen LogP contribution in [-0.4, -0.2) is 59.7 Å². The number of anilines is 2. The van der Waals surface area contributed by atoms with Crippen LogP contribution in [0.1, 0.15) is 24.9 Å². The van der Waals surface area contributed by atoms with Crippen molar-refractivity contribution in [2.75, 3.05) is 42.4 Å². The topological polar surface area (TPSA) is 87.2 Å². The Morgan fingerprint density at radius 2 is 1.81 bits per heavy atom. The van der Waals surface area contributed by atoms with Crippen molar-refractivity contribution < 1.29 is 19.2 Å². The largest absolute Gasteiger partial charge is 0.588 e. The third-order valence-electron chi connectivity index (χ3n) is 6.49. The van der Waals surface area contributed by atoms with E-state index in [0.29, 0.717) is 41.5 Å². The molecular weight excluding hydrogens is 594 g/mol. The molecule has 37 heavy (non-hydrogen) atoms. The third-order valence-corrected chi connectivity index (χ3v) is 10.9. The van der Waals surface area contributed by atoms with Gasteiger partial charge in [-0.05, 0) is 64.1 Å². The van der Waals surface area contributed by atoms with Crippen molar-refractivity contribution in [2.24, 2.45) is 0 Å². The average molecular weight is 619 g/mol. The molecule has 0 spiro atoms. The predicted octanol–water partition coefficient (Wildman–Crippen LogP) is 5.85. The number of aryl methyl sites for hydroxylation is 1. The van der Waals surface area contributed by atoms with Crippen molar-refractivity contribution in [1.29, 1.82) is 0 Å². The Bertz CT molecular complexity index is 1480. The van der Waals surface area contributed by atoms with Crippen LogP contribution in [0.4, 0.5) is 11.4 Å². The van der Waals surface area contributed by atoms with E-state index in [1.807, 2.05) is 52.7 Å². The Hall–Kier alpha value is -2.57. The summed E-state index contributed by atoms with van der Waals surface area (Å²) in [6, 6.07) is 15.2. The number of para-hydroxylation sites is 2. The quantitative estimate of drug-likeness (QED) is 0.273. The number of halogens is 1. The van der Waals surface area contributed by atoms with Gasteiger partial charge in [-0.2, -0.15) is 4.31 Å². The molecule has 2 aromatic heterocycles. The van der Waals surface area contributed by atoms with Crippen LogP contribution in [0.25, 0.3) is 10.1 Å². The number of piperazine rings is 1. The maximum atomic E-state index is 13.6. The molecule has 0 bridgehead atoms. The number of hydrogen-bond acceptors (Lipinski definition) is 7. The number of amides is 1. The predicted molar refractivity (Wildman–Crippen MR) is 155 cm³/mol. The number of carbonyl (C=O) groups is 2. The summed E-state index contributed by atoms with van der Waals surface area (Å²) < 4.78 is 17.1. The molecule has 1 N–H and O–H groups in total. The van der Waals surface area contributed by atoms with Gasteiger partial charge in [-0.1, -0.05) is 12.1 Å². The van der Waals surface area contributed by atoms with Gasteiger partial charge in [-0.15, -0.1) is 22.7 Å². The Balaban J connectivity index is 1.35. The van der Waals surface area contributed by atoms with E-state index in [1.54, 1.807) is 24.3 Å². The lowest BCUT2D eigenvalue weighted by Crippen LogP contribution is -2.49. The fraction of sp³-hybridized carbons (Fsp3) is 0.231. The third kappa shape index (κ3) is 4.98. The zero-order chi connectivity index (χ0) is 26.3. The fourth-order valence-corrected chi connectivity index (χ4v) is 8.09. The molecule has 192 valence electrons. The first-order chi connectivity index (χ1) is 17.8. The summed E-state index contributed by atoms with van der Waals surface area (Å²) in [5.74, 6) is -0.907. The van der Waals surface area contributed by atoms with Crippen LogP contribution in [0, 0.1) is 6.92 Å². The van der Waals surface area contributed by atoms with E-state index in [9.17, 15) is 19.2 Å². The molecule has 1 atom stereocenters. The summed E-state index contributed by atoms with van der Waals surface area (Å²) in [7, 11) is 1.80. The van der Waals surface area contributed by atoms with Gasteiger partial charge in [0.05, 0.1) is 12.7 Å². The molecule has 0 saturated carbocycles. The van der Waals surface area contributed by atoms with Gasteiger partial charge in [-0.25, -0.2) is 4.79 Å². The van der Waals surface area contributed by atoms with Crippen LogP contribution in [0.5, 0.6) is 0 Å². The summed E-state index contributed by atoms with van der Waals surface area (Å²) in [5.41, 5.74) is 2.48. The van der Waals surface area contributed by atoms with Gasteiger partial charge in [0.1, 0.15) is 26.8 Å². The van der Waals surface area contributed by atoms with Gasteiger partial charge >= 0.3 is 5.97 Å². The second kappa shape index (κ2) is 10.7. The minimum absolute atomic E-state index is 0.0400. The standard InChI is InChI=1S/C26H24BrN3O4S3/c1-16-18-15-17(7-8-22(18)36-23(16)26(32)33)37(34)28(2)20-5-3-4-6-21(20)29-10-12-30(13-11-29)25(31)24-19(27)9-14-35-24/h3-9,14-15H,10-13H2,1-2H3,(H,32,33). The molecule has 3 heterocycles. The summed E-state index contributed by atoms with van der Waals surface area (Å²) >= 11 is 4.63. The molecule has 1 fully saturated rings. The van der Waals surface area contributed by atoms with E-state index in [4.69, 9.17) is 0 Å². The van der Waals surface area contributed by atoms with Crippen LogP contribution in [0.15, 0.2) is 63.3 Å². The van der Waals surface area contributed by atoms with Crippen molar-refractivity contribution in [2.45, 2.75) is 11.8 Å². The van der Waals surface area contributed by atoms with E-state index in [0.717, 1.165) is 30.8 Å². The zero-order valence-electron chi connectivity index (χ0n) is 20.1. The molecule has 1 aliphatic rings. The molecule has 4 aromatic rings. The van der Waals surface area contributed by atoms with Gasteiger partial charge in [-0.3, -0.25) is 4.79 Å². The van der Waals surface area contributed by atoms with E-state index in [1.165, 1.54) is 22.7 Å². The van der Waals surface area contributed by atoms with Crippen molar-refractivity contribution in [1.82, 2.24) is 4.90 Å². The molecule has 7 nitrogen and oxygen atoms in total. The van der Waals surface area contributed by atoms with Gasteiger partial charge in [0, 0.05) is 46.8 Å². The van der Waals surface area contributed by atoms with E-state index in [-0.39, 0.29) is 5.91 Å². The highest BCUT2D eigenvalue weighted by Crippen LogP contribution is 2.36. The van der Waals surface area contributed by atoms with Crippen LogP contribution in [0.3, 0.4) is 0 Å². The zero-order valence-corrected chi connectivity index (χ0v) is 24.2. The normalized spacial score (nSPS) is 14.7. The Kier molecular flexibility index (Phi) is 7.51. The van der Waals surface area contributed by atoms with Gasteiger partial charge in [0.25, 0.3) is 5.91 Å². The van der Waals surface area contributed by atoms with Crippen molar-refractivity contribution in [3.63, 3.8) is 0 Å². The Morgan fingerprint density at radius 1 is 1.08 bits per heavy atom.